The largest absolute Gasteiger partial charge is 0.481 e. The third-order valence-corrected chi connectivity index (χ3v) is 4.55. The summed E-state index contributed by atoms with van der Waals surface area (Å²) in [6.07, 6.45) is 5.74. The Labute approximate surface area is 120 Å². The Balaban J connectivity index is 1.72. The van der Waals surface area contributed by atoms with Gasteiger partial charge >= 0.3 is 5.97 Å². The molecule has 20 heavy (non-hydrogen) atoms. The molecule has 0 aromatic carbocycles. The lowest BCUT2D eigenvalue weighted by Gasteiger charge is -2.38. The molecule has 1 saturated heterocycles. The van der Waals surface area contributed by atoms with Gasteiger partial charge in [-0.05, 0) is 18.8 Å². The van der Waals surface area contributed by atoms with Crippen LogP contribution in [0, 0.1) is 5.92 Å². The first-order valence-electron chi connectivity index (χ1n) is 7.80. The second kappa shape index (κ2) is 7.07. The number of carbonyl (C=O) groups excluding carboxylic acids is 1. The van der Waals surface area contributed by atoms with Crippen LogP contribution in [0.25, 0.3) is 0 Å². The van der Waals surface area contributed by atoms with Crippen molar-refractivity contribution in [3.05, 3.63) is 0 Å². The second-order valence-corrected chi connectivity index (χ2v) is 6.26. The van der Waals surface area contributed by atoms with Gasteiger partial charge in [0.25, 0.3) is 0 Å². The molecule has 0 aromatic heterocycles. The predicted octanol–water partition coefficient (Wildman–Crippen LogP) is 1.57. The molecule has 5 heteroatoms. The highest BCUT2D eigenvalue weighted by Crippen LogP contribution is 2.24. The molecule has 1 saturated carbocycles. The van der Waals surface area contributed by atoms with Crippen LogP contribution in [0.1, 0.15) is 45.4 Å². The molecule has 5 nitrogen and oxygen atoms in total. The van der Waals surface area contributed by atoms with Crippen molar-refractivity contribution in [2.24, 2.45) is 5.92 Å². The number of piperazine rings is 1. The Hall–Kier alpha value is -1.10. The van der Waals surface area contributed by atoms with Gasteiger partial charge in [-0.2, -0.15) is 0 Å². The Morgan fingerprint density at radius 3 is 2.25 bits per heavy atom. The monoisotopic (exact) mass is 282 g/mol. The highest BCUT2D eigenvalue weighted by atomic mass is 16.4. The normalized spacial score (nSPS) is 22.9. The van der Waals surface area contributed by atoms with Gasteiger partial charge in [-0.15, -0.1) is 0 Å². The van der Waals surface area contributed by atoms with E-state index in [1.54, 1.807) is 0 Å². The van der Waals surface area contributed by atoms with Gasteiger partial charge in [0, 0.05) is 45.1 Å². The zero-order chi connectivity index (χ0) is 14.5. The summed E-state index contributed by atoms with van der Waals surface area (Å²) in [5.74, 6) is -0.783. The zero-order valence-corrected chi connectivity index (χ0v) is 12.4. The third kappa shape index (κ3) is 4.20. The number of amides is 1. The zero-order valence-electron chi connectivity index (χ0n) is 12.4. The van der Waals surface area contributed by atoms with Gasteiger partial charge in [-0.25, -0.2) is 0 Å². The summed E-state index contributed by atoms with van der Waals surface area (Å²) >= 11 is 0. The molecule has 2 rings (SSSR count). The quantitative estimate of drug-likeness (QED) is 0.831. The lowest BCUT2D eigenvalue weighted by Crippen LogP contribution is -2.51. The molecule has 0 bridgehead atoms. The van der Waals surface area contributed by atoms with Gasteiger partial charge in [0.2, 0.25) is 5.91 Å². The van der Waals surface area contributed by atoms with Crippen molar-refractivity contribution in [2.75, 3.05) is 26.2 Å². The fourth-order valence-electron chi connectivity index (χ4n) is 3.40. The molecule has 0 radical (unpaired) electrons. The van der Waals surface area contributed by atoms with Gasteiger partial charge in [0.1, 0.15) is 0 Å². The van der Waals surface area contributed by atoms with Crippen LogP contribution in [0.5, 0.6) is 0 Å². The second-order valence-electron chi connectivity index (χ2n) is 6.26. The highest BCUT2D eigenvalue weighted by Gasteiger charge is 2.28. The van der Waals surface area contributed by atoms with Crippen LogP contribution in [-0.2, 0) is 9.59 Å². The summed E-state index contributed by atoms with van der Waals surface area (Å²) in [7, 11) is 0. The Bertz CT molecular complexity index is 345. The van der Waals surface area contributed by atoms with Crippen molar-refractivity contribution >= 4 is 11.9 Å². The smallest absolute Gasteiger partial charge is 0.303 e. The molecular formula is C15H26N2O3. The Morgan fingerprint density at radius 2 is 1.70 bits per heavy atom. The van der Waals surface area contributed by atoms with E-state index in [1.165, 1.54) is 25.7 Å². The SMILES string of the molecule is CC(CC(=O)O)CC(=O)N1CCN(C2CCCC2)CC1. The van der Waals surface area contributed by atoms with Crippen LogP contribution in [0.3, 0.4) is 0 Å². The lowest BCUT2D eigenvalue weighted by atomic mass is 10.0. The van der Waals surface area contributed by atoms with Gasteiger partial charge in [-0.3, -0.25) is 14.5 Å². The number of aliphatic carboxylic acids is 1. The number of hydrogen-bond donors (Lipinski definition) is 1. The molecular weight excluding hydrogens is 256 g/mol. The molecule has 1 aliphatic heterocycles. The first-order chi connectivity index (χ1) is 9.56. The number of nitrogens with zero attached hydrogens (tertiary/aromatic N) is 2. The Morgan fingerprint density at radius 1 is 1.10 bits per heavy atom. The average Bonchev–Trinajstić information content (AvgIpc) is 2.91. The van der Waals surface area contributed by atoms with Crippen LogP contribution < -0.4 is 0 Å². The van der Waals surface area contributed by atoms with E-state index in [1.807, 2.05) is 11.8 Å². The summed E-state index contributed by atoms with van der Waals surface area (Å²) in [5, 5.41) is 8.73. The van der Waals surface area contributed by atoms with Crippen molar-refractivity contribution in [1.29, 1.82) is 0 Å². The minimum absolute atomic E-state index is 0.0761. The van der Waals surface area contributed by atoms with Gasteiger partial charge in [0.15, 0.2) is 0 Å². The molecule has 1 heterocycles. The van der Waals surface area contributed by atoms with Gasteiger partial charge in [-0.1, -0.05) is 19.8 Å². The van der Waals surface area contributed by atoms with Crippen molar-refractivity contribution < 1.29 is 14.7 Å². The van der Waals surface area contributed by atoms with Crippen molar-refractivity contribution in [1.82, 2.24) is 9.80 Å². The maximum absolute atomic E-state index is 12.1. The topological polar surface area (TPSA) is 60.9 Å². The van der Waals surface area contributed by atoms with Crippen LogP contribution in [-0.4, -0.2) is 59.0 Å². The fourth-order valence-corrected chi connectivity index (χ4v) is 3.40. The molecule has 0 aromatic rings. The van der Waals surface area contributed by atoms with Crippen molar-refractivity contribution in [3.63, 3.8) is 0 Å². The summed E-state index contributed by atoms with van der Waals surface area (Å²) in [6.45, 7) is 5.39. The first-order valence-corrected chi connectivity index (χ1v) is 7.80. The van der Waals surface area contributed by atoms with Gasteiger partial charge < -0.3 is 10.0 Å². The summed E-state index contributed by atoms with van der Waals surface area (Å²) < 4.78 is 0. The molecule has 1 aliphatic carbocycles. The van der Waals surface area contributed by atoms with E-state index in [2.05, 4.69) is 4.90 Å². The van der Waals surface area contributed by atoms with E-state index in [9.17, 15) is 9.59 Å². The molecule has 1 N–H and O–H groups in total. The van der Waals surface area contributed by atoms with E-state index in [-0.39, 0.29) is 18.2 Å². The average molecular weight is 282 g/mol. The predicted molar refractivity (Wildman–Crippen MR) is 76.4 cm³/mol. The van der Waals surface area contributed by atoms with Crippen LogP contribution >= 0.6 is 0 Å². The summed E-state index contributed by atoms with van der Waals surface area (Å²) in [6, 6.07) is 0.734. The van der Waals surface area contributed by atoms with Crippen molar-refractivity contribution in [3.8, 4) is 0 Å². The van der Waals surface area contributed by atoms with Gasteiger partial charge in [0.05, 0.1) is 0 Å². The molecule has 114 valence electrons. The third-order valence-electron chi connectivity index (χ3n) is 4.55. The van der Waals surface area contributed by atoms with Crippen LogP contribution in [0.2, 0.25) is 0 Å². The maximum Gasteiger partial charge on any atom is 0.303 e. The highest BCUT2D eigenvalue weighted by molar-refractivity contribution is 5.77. The molecule has 1 atom stereocenters. The van der Waals surface area contributed by atoms with E-state index >= 15 is 0 Å². The number of carbonyl (C=O) groups is 2. The minimum Gasteiger partial charge on any atom is -0.481 e. The first kappa shape index (κ1) is 15.3. The van der Waals surface area contributed by atoms with Crippen LogP contribution in [0.15, 0.2) is 0 Å². The summed E-state index contributed by atoms with van der Waals surface area (Å²) in [4.78, 5) is 27.2. The van der Waals surface area contributed by atoms with E-state index in [0.717, 1.165) is 32.2 Å². The van der Waals surface area contributed by atoms with Crippen LogP contribution in [0.4, 0.5) is 0 Å². The molecule has 2 aliphatic rings. The van der Waals surface area contributed by atoms with E-state index in [4.69, 9.17) is 5.11 Å². The fraction of sp³-hybridized carbons (Fsp3) is 0.867. The maximum atomic E-state index is 12.1. The number of carboxylic acid groups (broad SMARTS) is 1. The van der Waals surface area contributed by atoms with Crippen molar-refractivity contribution in [2.45, 2.75) is 51.5 Å². The minimum atomic E-state index is -0.823. The molecule has 0 spiro atoms. The summed E-state index contributed by atoms with van der Waals surface area (Å²) in [5.41, 5.74) is 0. The standard InChI is InChI=1S/C15H26N2O3/c1-12(11-15(19)20)10-14(18)17-8-6-16(7-9-17)13-4-2-3-5-13/h12-13H,2-11H2,1H3,(H,19,20). The number of rotatable bonds is 5. The molecule has 1 unspecified atom stereocenters. The number of hydrogen-bond acceptors (Lipinski definition) is 3. The molecule has 2 fully saturated rings. The number of carboxylic acids is 1. The molecule has 1 amide bonds. The van der Waals surface area contributed by atoms with E-state index in [0.29, 0.717) is 6.42 Å². The Kier molecular flexibility index (Phi) is 5.40. The lowest BCUT2D eigenvalue weighted by molar-refractivity contribution is -0.139. The van der Waals surface area contributed by atoms with E-state index < -0.39 is 5.97 Å².